The number of hydrogen-bond acceptors (Lipinski definition) is 3. The van der Waals surface area contributed by atoms with Crippen molar-refractivity contribution in [2.24, 2.45) is 5.10 Å². The fourth-order valence-electron chi connectivity index (χ4n) is 1.42. The van der Waals surface area contributed by atoms with Crippen molar-refractivity contribution in [3.05, 3.63) is 33.8 Å². The van der Waals surface area contributed by atoms with Crippen LogP contribution in [0.25, 0.3) is 0 Å². The van der Waals surface area contributed by atoms with Gasteiger partial charge in [-0.1, -0.05) is 29.3 Å². The van der Waals surface area contributed by atoms with E-state index in [1.54, 1.807) is 18.3 Å². The van der Waals surface area contributed by atoms with Crippen molar-refractivity contribution < 1.29 is 4.74 Å². The second-order valence-electron chi connectivity index (χ2n) is 3.48. The van der Waals surface area contributed by atoms with Crippen LogP contribution in [0, 0.1) is 0 Å². The Hall–Kier alpha value is -0.770. The van der Waals surface area contributed by atoms with E-state index >= 15 is 0 Å². The Kier molecular flexibility index (Phi) is 4.04. The molecule has 2 rings (SSSR count). The van der Waals surface area contributed by atoms with Gasteiger partial charge >= 0.3 is 0 Å². The second kappa shape index (κ2) is 5.53. The van der Waals surface area contributed by atoms with Crippen molar-refractivity contribution in [1.29, 1.82) is 0 Å². The zero-order chi connectivity index (χ0) is 11.4. The van der Waals surface area contributed by atoms with Gasteiger partial charge in [-0.05, 0) is 12.1 Å². The predicted octanol–water partition coefficient (Wildman–Crippen LogP) is 2.66. The number of morpholine rings is 1. The quantitative estimate of drug-likeness (QED) is 0.763. The van der Waals surface area contributed by atoms with Crippen molar-refractivity contribution >= 4 is 29.4 Å². The zero-order valence-electron chi connectivity index (χ0n) is 8.70. The molecule has 1 saturated heterocycles. The first-order valence-corrected chi connectivity index (χ1v) is 5.83. The summed E-state index contributed by atoms with van der Waals surface area (Å²) >= 11 is 11.8. The largest absolute Gasteiger partial charge is 0.378 e. The highest BCUT2D eigenvalue weighted by atomic mass is 35.5. The minimum atomic E-state index is 0.615. The highest BCUT2D eigenvalue weighted by molar-refractivity contribution is 6.36. The molecule has 1 aromatic carbocycles. The van der Waals surface area contributed by atoms with Crippen molar-refractivity contribution in [2.75, 3.05) is 26.3 Å². The first-order chi connectivity index (χ1) is 7.75. The smallest absolute Gasteiger partial charge is 0.0659 e. The van der Waals surface area contributed by atoms with Gasteiger partial charge in [0.05, 0.1) is 37.5 Å². The van der Waals surface area contributed by atoms with Gasteiger partial charge in [-0.3, -0.25) is 5.01 Å². The van der Waals surface area contributed by atoms with Crippen molar-refractivity contribution in [1.82, 2.24) is 5.01 Å². The van der Waals surface area contributed by atoms with Crippen molar-refractivity contribution in [2.45, 2.75) is 0 Å². The molecular weight excluding hydrogens is 247 g/mol. The molecule has 0 N–H and O–H groups in total. The Bertz CT molecular complexity index is 390. The van der Waals surface area contributed by atoms with Crippen LogP contribution in [0.4, 0.5) is 0 Å². The van der Waals surface area contributed by atoms with Crippen LogP contribution in [-0.2, 0) is 4.74 Å². The van der Waals surface area contributed by atoms with Crippen LogP contribution in [0.3, 0.4) is 0 Å². The summed E-state index contributed by atoms with van der Waals surface area (Å²) < 4.78 is 5.23. The molecule has 5 heteroatoms. The molecule has 0 saturated carbocycles. The van der Waals surface area contributed by atoms with E-state index in [0.29, 0.717) is 10.0 Å². The van der Waals surface area contributed by atoms with E-state index in [1.807, 2.05) is 11.1 Å². The molecule has 3 nitrogen and oxygen atoms in total. The van der Waals surface area contributed by atoms with Crippen molar-refractivity contribution in [3.8, 4) is 0 Å². The number of benzene rings is 1. The lowest BCUT2D eigenvalue weighted by atomic mass is 10.2. The normalized spacial score (nSPS) is 17.0. The maximum absolute atomic E-state index is 6.03. The average Bonchev–Trinajstić information content (AvgIpc) is 2.29. The van der Waals surface area contributed by atoms with Gasteiger partial charge in [-0.25, -0.2) is 0 Å². The molecular formula is C11H12Cl2N2O. The van der Waals surface area contributed by atoms with E-state index in [4.69, 9.17) is 27.9 Å². The summed E-state index contributed by atoms with van der Waals surface area (Å²) in [5.74, 6) is 0. The van der Waals surface area contributed by atoms with Crippen LogP contribution >= 0.6 is 23.2 Å². The van der Waals surface area contributed by atoms with E-state index < -0.39 is 0 Å². The third kappa shape index (κ3) is 3.11. The number of ether oxygens (including phenoxy) is 1. The minimum Gasteiger partial charge on any atom is -0.378 e. The molecule has 1 fully saturated rings. The Balaban J connectivity index is 2.04. The first kappa shape index (κ1) is 11.7. The van der Waals surface area contributed by atoms with E-state index in [-0.39, 0.29) is 0 Å². The van der Waals surface area contributed by atoms with E-state index in [0.717, 1.165) is 31.9 Å². The Labute approximate surface area is 105 Å². The fourth-order valence-corrected chi connectivity index (χ4v) is 1.88. The molecule has 1 aliphatic rings. The Morgan fingerprint density at radius 1 is 1.25 bits per heavy atom. The number of rotatable bonds is 2. The third-order valence-corrected chi connectivity index (χ3v) is 2.87. The maximum atomic E-state index is 6.03. The monoisotopic (exact) mass is 258 g/mol. The minimum absolute atomic E-state index is 0.615. The Morgan fingerprint density at radius 3 is 2.69 bits per heavy atom. The molecule has 0 bridgehead atoms. The summed E-state index contributed by atoms with van der Waals surface area (Å²) in [4.78, 5) is 0. The van der Waals surface area contributed by atoms with Gasteiger partial charge in [0.25, 0.3) is 0 Å². The molecule has 0 atom stereocenters. The number of nitrogens with zero attached hydrogens (tertiary/aromatic N) is 2. The van der Waals surface area contributed by atoms with Gasteiger partial charge in [0.15, 0.2) is 0 Å². The lowest BCUT2D eigenvalue weighted by Gasteiger charge is -2.23. The van der Waals surface area contributed by atoms with E-state index in [1.165, 1.54) is 0 Å². The zero-order valence-corrected chi connectivity index (χ0v) is 10.2. The summed E-state index contributed by atoms with van der Waals surface area (Å²) in [6.07, 6.45) is 1.75. The van der Waals surface area contributed by atoms with Gasteiger partial charge < -0.3 is 4.74 Å². The molecule has 0 aliphatic carbocycles. The molecule has 0 spiro atoms. The van der Waals surface area contributed by atoms with Gasteiger partial charge in [-0.2, -0.15) is 5.10 Å². The lowest BCUT2D eigenvalue weighted by Crippen LogP contribution is -2.32. The first-order valence-electron chi connectivity index (χ1n) is 5.07. The van der Waals surface area contributed by atoms with Crippen LogP contribution in [-0.4, -0.2) is 37.5 Å². The highest BCUT2D eigenvalue weighted by Crippen LogP contribution is 2.19. The van der Waals surface area contributed by atoms with Crippen molar-refractivity contribution in [3.63, 3.8) is 0 Å². The predicted molar refractivity (Wildman–Crippen MR) is 66.4 cm³/mol. The van der Waals surface area contributed by atoms with Crippen LogP contribution in [0.15, 0.2) is 23.3 Å². The molecule has 0 radical (unpaired) electrons. The molecule has 0 amide bonds. The van der Waals surface area contributed by atoms with Gasteiger partial charge in [-0.15, -0.1) is 0 Å². The molecule has 1 heterocycles. The fraction of sp³-hybridized carbons (Fsp3) is 0.364. The van der Waals surface area contributed by atoms with E-state index in [9.17, 15) is 0 Å². The summed E-state index contributed by atoms with van der Waals surface area (Å²) in [6, 6.07) is 5.37. The van der Waals surface area contributed by atoms with Gasteiger partial charge in [0.1, 0.15) is 0 Å². The second-order valence-corrected chi connectivity index (χ2v) is 4.32. The molecule has 0 aromatic heterocycles. The summed E-state index contributed by atoms with van der Waals surface area (Å²) in [6.45, 7) is 3.10. The lowest BCUT2D eigenvalue weighted by molar-refractivity contribution is 0.0397. The standard InChI is InChI=1S/C11H12Cl2N2O/c12-10-2-1-9(11(13)7-10)8-14-15-3-5-16-6-4-15/h1-2,7-8H,3-6H2/b14-8+. The SMILES string of the molecule is Clc1ccc(/C=N/N2CCOCC2)c(Cl)c1. The topological polar surface area (TPSA) is 24.8 Å². The molecule has 0 unspecified atom stereocenters. The Morgan fingerprint density at radius 2 is 2.00 bits per heavy atom. The summed E-state index contributed by atoms with van der Waals surface area (Å²) in [7, 11) is 0. The summed E-state index contributed by atoms with van der Waals surface area (Å²) in [5.41, 5.74) is 0.873. The summed E-state index contributed by atoms with van der Waals surface area (Å²) in [5, 5.41) is 7.56. The van der Waals surface area contributed by atoms with Crippen LogP contribution in [0.2, 0.25) is 10.0 Å². The molecule has 86 valence electrons. The average molecular weight is 259 g/mol. The van der Waals surface area contributed by atoms with Gasteiger partial charge in [0, 0.05) is 10.6 Å². The number of halogens is 2. The molecule has 1 aliphatic heterocycles. The van der Waals surface area contributed by atoms with Crippen LogP contribution in [0.5, 0.6) is 0 Å². The van der Waals surface area contributed by atoms with Gasteiger partial charge in [0.2, 0.25) is 0 Å². The maximum Gasteiger partial charge on any atom is 0.0659 e. The van der Waals surface area contributed by atoms with Crippen LogP contribution in [0.1, 0.15) is 5.56 Å². The molecule has 16 heavy (non-hydrogen) atoms. The third-order valence-electron chi connectivity index (χ3n) is 2.31. The number of hydrazone groups is 1. The van der Waals surface area contributed by atoms with E-state index in [2.05, 4.69) is 5.10 Å². The molecule has 1 aromatic rings. The van der Waals surface area contributed by atoms with Crippen LogP contribution < -0.4 is 0 Å². The highest BCUT2D eigenvalue weighted by Gasteiger charge is 2.06. The number of hydrogen-bond donors (Lipinski definition) is 0.